The third kappa shape index (κ3) is 5.75. The minimum atomic E-state index is -0.268. The number of carbonyl (C=O) groups excluding carboxylic acids is 1. The second kappa shape index (κ2) is 10.6. The summed E-state index contributed by atoms with van der Waals surface area (Å²) in [6.45, 7) is 9.64. The molecule has 0 atom stereocenters. The summed E-state index contributed by atoms with van der Waals surface area (Å²) < 4.78 is 7.56. The van der Waals surface area contributed by atoms with Crippen molar-refractivity contribution in [2.75, 3.05) is 26.2 Å². The lowest BCUT2D eigenvalue weighted by Crippen LogP contribution is -2.49. The number of aryl methyl sites for hydroxylation is 1. The summed E-state index contributed by atoms with van der Waals surface area (Å²) in [4.78, 5) is 15.7. The quantitative estimate of drug-likeness (QED) is 0.793. The Hall–Kier alpha value is -2.25. The van der Waals surface area contributed by atoms with E-state index in [0.717, 1.165) is 64.0 Å². The number of benzene rings is 1. The van der Waals surface area contributed by atoms with E-state index >= 15 is 0 Å². The summed E-state index contributed by atoms with van der Waals surface area (Å²) in [5.41, 5.74) is 3.31. The molecule has 174 valence electrons. The molecule has 7 heteroatoms. The highest BCUT2D eigenvalue weighted by Crippen LogP contribution is 2.37. The van der Waals surface area contributed by atoms with Crippen LogP contribution in [0.15, 0.2) is 30.5 Å². The van der Waals surface area contributed by atoms with Crippen LogP contribution in [0.4, 0.5) is 0 Å². The van der Waals surface area contributed by atoms with Gasteiger partial charge in [0.05, 0.1) is 24.8 Å². The van der Waals surface area contributed by atoms with Crippen molar-refractivity contribution in [1.29, 1.82) is 0 Å². The summed E-state index contributed by atoms with van der Waals surface area (Å²) in [5, 5.41) is 11.5. The van der Waals surface area contributed by atoms with Gasteiger partial charge in [-0.15, -0.1) is 5.10 Å². The molecule has 1 amide bonds. The Balaban J connectivity index is 1.35. The highest BCUT2D eigenvalue weighted by atomic mass is 16.5. The Morgan fingerprint density at radius 3 is 2.62 bits per heavy atom. The van der Waals surface area contributed by atoms with Crippen molar-refractivity contribution in [2.24, 2.45) is 5.41 Å². The van der Waals surface area contributed by atoms with E-state index in [0.29, 0.717) is 25.7 Å². The van der Waals surface area contributed by atoms with E-state index in [2.05, 4.69) is 58.6 Å². The number of aromatic nitrogens is 3. The van der Waals surface area contributed by atoms with Crippen molar-refractivity contribution in [3.8, 4) is 0 Å². The third-order valence-electron chi connectivity index (χ3n) is 7.01. The molecule has 2 aromatic rings. The van der Waals surface area contributed by atoms with Crippen LogP contribution in [0.5, 0.6) is 0 Å². The molecule has 2 bridgehead atoms. The maximum absolute atomic E-state index is 13.2. The average molecular weight is 440 g/mol. The predicted octanol–water partition coefficient (Wildman–Crippen LogP) is 3.50. The molecule has 1 fully saturated rings. The number of amides is 1. The second-order valence-electron chi connectivity index (χ2n) is 9.69. The smallest absolute Gasteiger partial charge is 0.226 e. The number of hydrogen-bond acceptors (Lipinski definition) is 5. The van der Waals surface area contributed by atoms with Gasteiger partial charge in [-0.25, -0.2) is 0 Å². The number of likely N-dealkylation sites (tertiary alicyclic amines) is 1. The van der Waals surface area contributed by atoms with Gasteiger partial charge < -0.3 is 10.1 Å². The van der Waals surface area contributed by atoms with E-state index < -0.39 is 0 Å². The van der Waals surface area contributed by atoms with Crippen molar-refractivity contribution >= 4 is 5.91 Å². The normalized spacial score (nSPS) is 20.8. The molecule has 0 unspecified atom stereocenters. The maximum Gasteiger partial charge on any atom is 0.226 e. The molecule has 1 spiro atoms. The zero-order chi connectivity index (χ0) is 22.4. The molecule has 2 aliphatic heterocycles. The highest BCUT2D eigenvalue weighted by Gasteiger charge is 2.40. The summed E-state index contributed by atoms with van der Waals surface area (Å²) in [6, 6.07) is 9.00. The van der Waals surface area contributed by atoms with E-state index in [1.54, 1.807) is 0 Å². The summed E-state index contributed by atoms with van der Waals surface area (Å²) in [6.07, 6.45) is 6.75. The van der Waals surface area contributed by atoms with Gasteiger partial charge in [-0.2, -0.15) is 0 Å². The van der Waals surface area contributed by atoms with Crippen LogP contribution in [0.1, 0.15) is 68.7 Å². The van der Waals surface area contributed by atoms with Crippen LogP contribution in [-0.2, 0) is 29.2 Å². The molecular weight excluding hydrogens is 402 g/mol. The fraction of sp³-hybridized carbons (Fsp3) is 0.640. The lowest BCUT2D eigenvalue weighted by atomic mass is 9.73. The number of ether oxygens (including phenoxy) is 1. The zero-order valence-corrected chi connectivity index (χ0v) is 19.6. The van der Waals surface area contributed by atoms with Gasteiger partial charge in [0, 0.05) is 19.6 Å². The molecule has 2 aliphatic rings. The largest absolute Gasteiger partial charge is 0.373 e. The first-order valence-corrected chi connectivity index (χ1v) is 12.1. The SMILES string of the molecule is CC(C)c1ccc(CN2CCC3(CCCCn4cc(nn4)COCCNC3=O)CC2)cc1. The fourth-order valence-electron chi connectivity index (χ4n) is 4.85. The first kappa shape index (κ1) is 22.9. The summed E-state index contributed by atoms with van der Waals surface area (Å²) >= 11 is 0. The number of rotatable bonds is 3. The molecule has 1 N–H and O–H groups in total. The molecule has 1 aromatic carbocycles. The topological polar surface area (TPSA) is 72.3 Å². The Kier molecular flexibility index (Phi) is 7.58. The molecule has 32 heavy (non-hydrogen) atoms. The van der Waals surface area contributed by atoms with Crippen molar-refractivity contribution in [1.82, 2.24) is 25.2 Å². The van der Waals surface area contributed by atoms with Gasteiger partial charge in [-0.3, -0.25) is 14.4 Å². The van der Waals surface area contributed by atoms with Crippen molar-refractivity contribution < 1.29 is 9.53 Å². The van der Waals surface area contributed by atoms with Crippen molar-refractivity contribution in [2.45, 2.75) is 71.6 Å². The van der Waals surface area contributed by atoms with Gasteiger partial charge >= 0.3 is 0 Å². The van der Waals surface area contributed by atoms with E-state index in [1.807, 2.05) is 10.9 Å². The number of piperidine rings is 1. The Morgan fingerprint density at radius 1 is 1.09 bits per heavy atom. The first-order chi connectivity index (χ1) is 15.5. The molecule has 0 saturated carbocycles. The Labute approximate surface area is 191 Å². The van der Waals surface area contributed by atoms with Gasteiger partial charge in [0.15, 0.2) is 0 Å². The monoisotopic (exact) mass is 439 g/mol. The van der Waals surface area contributed by atoms with E-state index in [4.69, 9.17) is 4.74 Å². The van der Waals surface area contributed by atoms with Crippen LogP contribution < -0.4 is 5.32 Å². The Morgan fingerprint density at radius 2 is 1.88 bits per heavy atom. The first-order valence-electron chi connectivity index (χ1n) is 12.1. The zero-order valence-electron chi connectivity index (χ0n) is 19.6. The molecule has 7 nitrogen and oxygen atoms in total. The lowest BCUT2D eigenvalue weighted by Gasteiger charge is -2.41. The minimum absolute atomic E-state index is 0.205. The van der Waals surface area contributed by atoms with Crippen LogP contribution in [0.25, 0.3) is 0 Å². The van der Waals surface area contributed by atoms with E-state index in [1.165, 1.54) is 11.1 Å². The molecule has 1 aromatic heterocycles. The molecule has 1 saturated heterocycles. The predicted molar refractivity (Wildman–Crippen MR) is 124 cm³/mol. The fourth-order valence-corrected chi connectivity index (χ4v) is 4.85. The van der Waals surface area contributed by atoms with Gasteiger partial charge in [0.2, 0.25) is 5.91 Å². The molecular formula is C25H37N5O2. The molecule has 4 rings (SSSR count). The third-order valence-corrected chi connectivity index (χ3v) is 7.01. The number of carbonyl (C=O) groups is 1. The lowest BCUT2D eigenvalue weighted by molar-refractivity contribution is -0.135. The van der Waals surface area contributed by atoms with Gasteiger partial charge in [-0.1, -0.05) is 49.7 Å². The van der Waals surface area contributed by atoms with Crippen molar-refractivity contribution in [3.05, 3.63) is 47.3 Å². The van der Waals surface area contributed by atoms with Gasteiger partial charge in [0.1, 0.15) is 5.69 Å². The minimum Gasteiger partial charge on any atom is -0.373 e. The summed E-state index contributed by atoms with van der Waals surface area (Å²) in [7, 11) is 0. The average Bonchev–Trinajstić information content (AvgIpc) is 3.25. The number of nitrogens with zero attached hydrogens (tertiary/aromatic N) is 4. The summed E-state index contributed by atoms with van der Waals surface area (Å²) in [5.74, 6) is 0.764. The molecule has 0 aliphatic carbocycles. The second-order valence-corrected chi connectivity index (χ2v) is 9.69. The van der Waals surface area contributed by atoms with E-state index in [9.17, 15) is 4.79 Å². The Bertz CT molecular complexity index is 869. The van der Waals surface area contributed by atoms with Crippen LogP contribution in [-0.4, -0.2) is 52.0 Å². The van der Waals surface area contributed by atoms with Gasteiger partial charge in [-0.05, 0) is 55.8 Å². The van der Waals surface area contributed by atoms with Crippen molar-refractivity contribution in [3.63, 3.8) is 0 Å². The van der Waals surface area contributed by atoms with Crippen LogP contribution in [0.2, 0.25) is 0 Å². The van der Waals surface area contributed by atoms with E-state index in [-0.39, 0.29) is 11.3 Å². The number of nitrogens with one attached hydrogen (secondary N) is 1. The highest BCUT2D eigenvalue weighted by molar-refractivity contribution is 5.82. The number of fused-ring (bicyclic) bond motifs is 2. The van der Waals surface area contributed by atoms with Crippen LogP contribution in [0.3, 0.4) is 0 Å². The van der Waals surface area contributed by atoms with Crippen LogP contribution >= 0.6 is 0 Å². The molecule has 3 heterocycles. The van der Waals surface area contributed by atoms with Gasteiger partial charge in [0.25, 0.3) is 0 Å². The number of hydrogen-bond donors (Lipinski definition) is 1. The standard InChI is InChI=1S/C25H37N5O2/c1-20(2)22-7-5-21(6-8-22)17-29-14-10-25(11-15-29)9-3-4-13-30-18-23(27-28-30)19-32-16-12-26-24(25)31/h5-8,18,20H,3-4,9-17,19H2,1-2H3,(H,26,31). The van der Waals surface area contributed by atoms with Crippen LogP contribution in [0, 0.1) is 5.41 Å². The molecule has 0 radical (unpaired) electrons. The maximum atomic E-state index is 13.2.